The third kappa shape index (κ3) is 2.85. The van der Waals surface area contributed by atoms with Crippen molar-refractivity contribution >= 4 is 17.2 Å². The summed E-state index contributed by atoms with van der Waals surface area (Å²) >= 11 is 0. The lowest BCUT2D eigenvalue weighted by Gasteiger charge is -2.27. The summed E-state index contributed by atoms with van der Waals surface area (Å²) in [6.45, 7) is 5.53. The molecule has 0 aliphatic rings. The van der Waals surface area contributed by atoms with Gasteiger partial charge in [-0.25, -0.2) is 0 Å². The summed E-state index contributed by atoms with van der Waals surface area (Å²) in [4.78, 5) is 23.8. The van der Waals surface area contributed by atoms with E-state index >= 15 is 0 Å². The van der Waals surface area contributed by atoms with E-state index < -0.39 is 4.92 Å². The van der Waals surface area contributed by atoms with Crippen molar-refractivity contribution in [3.8, 4) is 0 Å². The van der Waals surface area contributed by atoms with Crippen LogP contribution in [0.1, 0.15) is 37.6 Å². The number of nitro groups is 1. The van der Waals surface area contributed by atoms with E-state index in [4.69, 9.17) is 0 Å². The number of carbonyl (C=O) groups is 1. The molecule has 1 unspecified atom stereocenters. The van der Waals surface area contributed by atoms with E-state index in [-0.39, 0.29) is 17.5 Å². The van der Waals surface area contributed by atoms with Crippen molar-refractivity contribution in [1.29, 1.82) is 0 Å². The van der Waals surface area contributed by atoms with Crippen molar-refractivity contribution in [3.63, 3.8) is 0 Å². The number of rotatable bonds is 5. The molecule has 1 rings (SSSR count). The molecule has 0 saturated carbocycles. The molecule has 0 radical (unpaired) electrons. The molecule has 0 amide bonds. The molecule has 0 spiro atoms. The Morgan fingerprint density at radius 2 is 2.11 bits per heavy atom. The number of nitrogens with zero attached hydrogens (tertiary/aromatic N) is 2. The fraction of sp³-hybridized carbons (Fsp3) is 0.462. The molecule has 1 aromatic carbocycles. The fourth-order valence-corrected chi connectivity index (χ4v) is 1.74. The van der Waals surface area contributed by atoms with Crippen LogP contribution in [-0.2, 0) is 0 Å². The minimum atomic E-state index is -0.487. The standard InChI is InChI=1S/C13H18N2O3/c1-5-9(2)14(4)13-7-6-11(15(17)18)8-12(13)10(3)16/h6-9H,5H2,1-4H3. The molecule has 1 aromatic rings. The van der Waals surface area contributed by atoms with E-state index in [1.165, 1.54) is 19.1 Å². The highest BCUT2D eigenvalue weighted by atomic mass is 16.6. The van der Waals surface area contributed by atoms with Gasteiger partial charge >= 0.3 is 0 Å². The van der Waals surface area contributed by atoms with Gasteiger partial charge in [0.05, 0.1) is 4.92 Å². The maximum Gasteiger partial charge on any atom is 0.270 e. The Morgan fingerprint density at radius 1 is 1.50 bits per heavy atom. The number of anilines is 1. The van der Waals surface area contributed by atoms with Crippen LogP contribution in [0.25, 0.3) is 0 Å². The van der Waals surface area contributed by atoms with Crippen LogP contribution in [-0.4, -0.2) is 23.8 Å². The molecule has 5 heteroatoms. The van der Waals surface area contributed by atoms with Gasteiger partial charge in [0.2, 0.25) is 0 Å². The maximum absolute atomic E-state index is 11.6. The molecule has 98 valence electrons. The lowest BCUT2D eigenvalue weighted by atomic mass is 10.1. The topological polar surface area (TPSA) is 63.4 Å². The van der Waals surface area contributed by atoms with Crippen molar-refractivity contribution in [1.82, 2.24) is 0 Å². The molecule has 5 nitrogen and oxygen atoms in total. The van der Waals surface area contributed by atoms with E-state index in [9.17, 15) is 14.9 Å². The van der Waals surface area contributed by atoms with Crippen molar-refractivity contribution in [2.75, 3.05) is 11.9 Å². The van der Waals surface area contributed by atoms with Gasteiger partial charge < -0.3 is 4.90 Å². The van der Waals surface area contributed by atoms with Gasteiger partial charge in [-0.3, -0.25) is 14.9 Å². The highest BCUT2D eigenvalue weighted by Gasteiger charge is 2.18. The van der Waals surface area contributed by atoms with Crippen molar-refractivity contribution in [2.24, 2.45) is 0 Å². The van der Waals surface area contributed by atoms with Gasteiger partial charge in [-0.2, -0.15) is 0 Å². The number of non-ortho nitro benzene ring substituents is 1. The van der Waals surface area contributed by atoms with Gasteiger partial charge in [-0.05, 0) is 26.3 Å². The van der Waals surface area contributed by atoms with Gasteiger partial charge in [-0.1, -0.05) is 6.92 Å². The summed E-state index contributed by atoms with van der Waals surface area (Å²) in [6.07, 6.45) is 0.935. The summed E-state index contributed by atoms with van der Waals surface area (Å²) in [5.41, 5.74) is 1.08. The highest BCUT2D eigenvalue weighted by Crippen LogP contribution is 2.27. The third-order valence-corrected chi connectivity index (χ3v) is 3.20. The molecular weight excluding hydrogens is 232 g/mol. The van der Waals surface area contributed by atoms with Crippen LogP contribution in [0.5, 0.6) is 0 Å². The number of hydrogen-bond donors (Lipinski definition) is 0. The molecule has 0 aromatic heterocycles. The van der Waals surface area contributed by atoms with Crippen LogP contribution in [0.4, 0.5) is 11.4 Å². The van der Waals surface area contributed by atoms with Crippen LogP contribution in [0.3, 0.4) is 0 Å². The van der Waals surface area contributed by atoms with E-state index in [0.29, 0.717) is 5.56 Å². The molecule has 0 N–H and O–H groups in total. The van der Waals surface area contributed by atoms with Gasteiger partial charge in [0.15, 0.2) is 5.78 Å². The Labute approximate surface area is 107 Å². The summed E-state index contributed by atoms with van der Waals surface area (Å²) in [5.74, 6) is -0.163. The van der Waals surface area contributed by atoms with Crippen molar-refractivity contribution in [2.45, 2.75) is 33.2 Å². The second-order valence-corrected chi connectivity index (χ2v) is 4.38. The lowest BCUT2D eigenvalue weighted by molar-refractivity contribution is -0.384. The van der Waals surface area contributed by atoms with Crippen molar-refractivity contribution < 1.29 is 9.72 Å². The average Bonchev–Trinajstić information content (AvgIpc) is 2.35. The molecule has 0 bridgehead atoms. The number of nitro benzene ring substituents is 1. The van der Waals surface area contributed by atoms with Crippen LogP contribution < -0.4 is 4.90 Å². The Hall–Kier alpha value is -1.91. The molecule has 0 saturated heterocycles. The fourth-order valence-electron chi connectivity index (χ4n) is 1.74. The Kier molecular flexibility index (Phi) is 4.42. The van der Waals surface area contributed by atoms with Crippen LogP contribution in [0, 0.1) is 10.1 Å². The Morgan fingerprint density at radius 3 is 2.56 bits per heavy atom. The largest absolute Gasteiger partial charge is 0.371 e. The number of carbonyl (C=O) groups excluding carboxylic acids is 1. The van der Waals surface area contributed by atoms with Crippen LogP contribution >= 0.6 is 0 Å². The predicted molar refractivity (Wildman–Crippen MR) is 71.3 cm³/mol. The van der Waals surface area contributed by atoms with E-state index in [0.717, 1.165) is 12.1 Å². The smallest absolute Gasteiger partial charge is 0.270 e. The quantitative estimate of drug-likeness (QED) is 0.457. The first-order chi connectivity index (χ1) is 8.38. The van der Waals surface area contributed by atoms with E-state index in [2.05, 4.69) is 6.92 Å². The normalized spacial score (nSPS) is 12.0. The number of ketones is 1. The second kappa shape index (κ2) is 5.62. The zero-order chi connectivity index (χ0) is 13.9. The Balaban J connectivity index is 3.27. The number of hydrogen-bond acceptors (Lipinski definition) is 4. The molecule has 0 fully saturated rings. The first-order valence-corrected chi connectivity index (χ1v) is 5.90. The van der Waals surface area contributed by atoms with E-state index in [1.807, 2.05) is 18.9 Å². The van der Waals surface area contributed by atoms with Gasteiger partial charge in [-0.15, -0.1) is 0 Å². The maximum atomic E-state index is 11.6. The second-order valence-electron chi connectivity index (χ2n) is 4.38. The minimum absolute atomic E-state index is 0.0542. The first-order valence-electron chi connectivity index (χ1n) is 5.90. The molecule has 18 heavy (non-hydrogen) atoms. The first kappa shape index (κ1) is 14.2. The number of Topliss-reactive ketones (excluding diaryl/α,β-unsaturated/α-hetero) is 1. The zero-order valence-corrected chi connectivity index (χ0v) is 11.1. The van der Waals surface area contributed by atoms with Crippen LogP contribution in [0.15, 0.2) is 18.2 Å². The third-order valence-electron chi connectivity index (χ3n) is 3.20. The molecular formula is C13H18N2O3. The summed E-state index contributed by atoms with van der Waals surface area (Å²) in [6, 6.07) is 4.68. The van der Waals surface area contributed by atoms with Gasteiger partial charge in [0.1, 0.15) is 0 Å². The van der Waals surface area contributed by atoms with Gasteiger partial charge in [0, 0.05) is 36.5 Å². The SMILES string of the molecule is CCC(C)N(C)c1ccc([N+](=O)[O-])cc1C(C)=O. The van der Waals surface area contributed by atoms with Crippen molar-refractivity contribution in [3.05, 3.63) is 33.9 Å². The van der Waals surface area contributed by atoms with Crippen LogP contribution in [0.2, 0.25) is 0 Å². The van der Waals surface area contributed by atoms with E-state index in [1.54, 1.807) is 6.07 Å². The van der Waals surface area contributed by atoms with Gasteiger partial charge in [0.25, 0.3) is 5.69 Å². The average molecular weight is 250 g/mol. The summed E-state index contributed by atoms with van der Waals surface area (Å²) in [7, 11) is 1.89. The highest BCUT2D eigenvalue weighted by molar-refractivity contribution is 6.00. The molecule has 0 heterocycles. The molecule has 1 atom stereocenters. The summed E-state index contributed by atoms with van der Waals surface area (Å²) in [5, 5.41) is 10.7. The number of benzene rings is 1. The predicted octanol–water partition coefficient (Wildman–Crippen LogP) is 3.03. The Bertz CT molecular complexity index is 471. The molecule has 0 aliphatic heterocycles. The molecule has 0 aliphatic carbocycles. The summed E-state index contributed by atoms with van der Waals surface area (Å²) < 4.78 is 0. The zero-order valence-electron chi connectivity index (χ0n) is 11.1. The minimum Gasteiger partial charge on any atom is -0.371 e. The lowest BCUT2D eigenvalue weighted by Crippen LogP contribution is -2.29. The monoisotopic (exact) mass is 250 g/mol.